The maximum Gasteiger partial charge on any atom is 0.331 e. The van der Waals surface area contributed by atoms with Gasteiger partial charge in [0.2, 0.25) is 0 Å². The zero-order chi connectivity index (χ0) is 18.6. The highest BCUT2D eigenvalue weighted by atomic mass is 32.2. The Balaban J connectivity index is 1.78. The monoisotopic (exact) mass is 378 g/mol. The number of benzene rings is 1. The van der Waals surface area contributed by atoms with Crippen LogP contribution in [0.15, 0.2) is 29.2 Å². The minimum absolute atomic E-state index is 0.142. The SMILES string of the molecule is Cc1ccc(S(=O)(=O)NC(=O)N(C2CCCCC2)C2CCCCC2)cc1. The Morgan fingerprint density at radius 3 is 1.81 bits per heavy atom. The molecule has 0 aromatic heterocycles. The molecule has 2 amide bonds. The lowest BCUT2D eigenvalue weighted by molar-refractivity contribution is 0.108. The van der Waals surface area contributed by atoms with Gasteiger partial charge in [0.05, 0.1) is 4.90 Å². The zero-order valence-electron chi connectivity index (χ0n) is 15.6. The Morgan fingerprint density at radius 2 is 1.35 bits per heavy atom. The standard InChI is InChI=1S/C20H30N2O3S/c1-16-12-14-19(15-13-16)26(24,25)21-20(23)22(17-8-4-2-5-9-17)18-10-6-3-7-11-18/h12-15,17-18H,2-11H2,1H3,(H,21,23). The number of sulfonamides is 1. The van der Waals surface area contributed by atoms with Crippen LogP contribution >= 0.6 is 0 Å². The second-order valence-corrected chi connectivity index (χ2v) is 9.40. The molecule has 144 valence electrons. The molecule has 0 spiro atoms. The summed E-state index contributed by atoms with van der Waals surface area (Å²) in [5, 5.41) is 0. The topological polar surface area (TPSA) is 66.5 Å². The Morgan fingerprint density at radius 1 is 0.885 bits per heavy atom. The van der Waals surface area contributed by atoms with E-state index in [0.717, 1.165) is 56.9 Å². The molecule has 2 aliphatic rings. The van der Waals surface area contributed by atoms with Gasteiger partial charge in [-0.3, -0.25) is 0 Å². The number of hydrogen-bond donors (Lipinski definition) is 1. The smallest absolute Gasteiger partial charge is 0.318 e. The van der Waals surface area contributed by atoms with Crippen molar-refractivity contribution in [3.8, 4) is 0 Å². The molecular formula is C20H30N2O3S. The van der Waals surface area contributed by atoms with Crippen molar-refractivity contribution in [1.82, 2.24) is 9.62 Å². The Bertz CT molecular complexity index is 685. The number of nitrogens with one attached hydrogen (secondary N) is 1. The molecule has 2 fully saturated rings. The summed E-state index contributed by atoms with van der Waals surface area (Å²) in [6, 6.07) is 6.50. The summed E-state index contributed by atoms with van der Waals surface area (Å²) < 4.78 is 27.7. The molecule has 26 heavy (non-hydrogen) atoms. The average Bonchev–Trinajstić information content (AvgIpc) is 2.63. The molecule has 2 aliphatic carbocycles. The van der Waals surface area contributed by atoms with Crippen LogP contribution in [0.5, 0.6) is 0 Å². The molecule has 0 unspecified atom stereocenters. The summed E-state index contributed by atoms with van der Waals surface area (Å²) in [6.07, 6.45) is 10.8. The number of aryl methyl sites for hydroxylation is 1. The van der Waals surface area contributed by atoms with E-state index in [1.807, 2.05) is 11.8 Å². The first kappa shape index (κ1) is 19.2. The highest BCUT2D eigenvalue weighted by molar-refractivity contribution is 7.90. The molecule has 0 aliphatic heterocycles. The second kappa shape index (κ2) is 8.42. The number of amides is 2. The first-order chi connectivity index (χ1) is 12.5. The quantitative estimate of drug-likeness (QED) is 0.846. The third-order valence-corrected chi connectivity index (χ3v) is 7.06. The molecule has 6 heteroatoms. The lowest BCUT2D eigenvalue weighted by Crippen LogP contribution is -2.53. The van der Waals surface area contributed by atoms with Gasteiger partial charge in [-0.15, -0.1) is 0 Å². The summed E-state index contributed by atoms with van der Waals surface area (Å²) >= 11 is 0. The van der Waals surface area contributed by atoms with E-state index in [0.29, 0.717) is 0 Å². The molecular weight excluding hydrogens is 348 g/mol. The normalized spacial score (nSPS) is 19.9. The fraction of sp³-hybridized carbons (Fsp3) is 0.650. The number of carbonyl (C=O) groups is 1. The number of urea groups is 1. The van der Waals surface area contributed by atoms with Crippen molar-refractivity contribution in [3.63, 3.8) is 0 Å². The van der Waals surface area contributed by atoms with Crippen molar-refractivity contribution >= 4 is 16.1 Å². The van der Waals surface area contributed by atoms with Crippen molar-refractivity contribution in [2.75, 3.05) is 0 Å². The van der Waals surface area contributed by atoms with Gasteiger partial charge < -0.3 is 4.90 Å². The van der Waals surface area contributed by atoms with Gasteiger partial charge in [0, 0.05) is 12.1 Å². The van der Waals surface area contributed by atoms with E-state index in [1.54, 1.807) is 24.3 Å². The van der Waals surface area contributed by atoms with Crippen LogP contribution in [0, 0.1) is 6.92 Å². The van der Waals surface area contributed by atoms with Crippen LogP contribution in [-0.4, -0.2) is 31.4 Å². The third kappa shape index (κ3) is 4.58. The molecule has 2 saturated carbocycles. The molecule has 0 saturated heterocycles. The van der Waals surface area contributed by atoms with Gasteiger partial charge in [0.25, 0.3) is 10.0 Å². The largest absolute Gasteiger partial charge is 0.331 e. The van der Waals surface area contributed by atoms with Crippen LogP contribution < -0.4 is 4.72 Å². The molecule has 0 bridgehead atoms. The average molecular weight is 379 g/mol. The van der Waals surface area contributed by atoms with Crippen molar-refractivity contribution in [1.29, 1.82) is 0 Å². The fourth-order valence-electron chi connectivity index (χ4n) is 4.29. The summed E-state index contributed by atoms with van der Waals surface area (Å²) in [7, 11) is -3.84. The maximum atomic E-state index is 13.0. The van der Waals surface area contributed by atoms with E-state index in [-0.39, 0.29) is 17.0 Å². The van der Waals surface area contributed by atoms with Crippen LogP contribution in [0.2, 0.25) is 0 Å². The van der Waals surface area contributed by atoms with E-state index < -0.39 is 16.1 Å². The summed E-state index contributed by atoms with van der Waals surface area (Å²) in [6.45, 7) is 1.91. The number of rotatable bonds is 4. The van der Waals surface area contributed by atoms with Gasteiger partial charge in [-0.1, -0.05) is 56.2 Å². The lowest BCUT2D eigenvalue weighted by atomic mass is 9.89. The van der Waals surface area contributed by atoms with Crippen LogP contribution in [0.3, 0.4) is 0 Å². The second-order valence-electron chi connectivity index (χ2n) is 7.71. The van der Waals surface area contributed by atoms with E-state index in [2.05, 4.69) is 4.72 Å². The van der Waals surface area contributed by atoms with Crippen molar-refractivity contribution in [3.05, 3.63) is 29.8 Å². The molecule has 1 aromatic rings. The van der Waals surface area contributed by atoms with E-state index >= 15 is 0 Å². The van der Waals surface area contributed by atoms with Crippen LogP contribution in [0.1, 0.15) is 69.8 Å². The number of nitrogens with zero attached hydrogens (tertiary/aromatic N) is 1. The molecule has 0 radical (unpaired) electrons. The van der Waals surface area contributed by atoms with Crippen LogP contribution in [0.4, 0.5) is 4.79 Å². The molecule has 1 N–H and O–H groups in total. The Kier molecular flexibility index (Phi) is 6.22. The van der Waals surface area contributed by atoms with E-state index in [4.69, 9.17) is 0 Å². The minimum Gasteiger partial charge on any atom is -0.318 e. The predicted molar refractivity (Wildman–Crippen MR) is 102 cm³/mol. The van der Waals surface area contributed by atoms with E-state index in [1.165, 1.54) is 12.8 Å². The van der Waals surface area contributed by atoms with Gasteiger partial charge in [0.1, 0.15) is 0 Å². The maximum absolute atomic E-state index is 13.0. The van der Waals surface area contributed by atoms with Gasteiger partial charge >= 0.3 is 6.03 Å². The molecule has 3 rings (SSSR count). The van der Waals surface area contributed by atoms with Gasteiger partial charge in [-0.2, -0.15) is 0 Å². The zero-order valence-corrected chi connectivity index (χ0v) is 16.4. The highest BCUT2D eigenvalue weighted by Crippen LogP contribution is 2.30. The third-order valence-electron chi connectivity index (χ3n) is 5.72. The van der Waals surface area contributed by atoms with E-state index in [9.17, 15) is 13.2 Å². The van der Waals surface area contributed by atoms with Crippen LogP contribution in [-0.2, 0) is 10.0 Å². The molecule has 0 atom stereocenters. The highest BCUT2D eigenvalue weighted by Gasteiger charge is 2.34. The van der Waals surface area contributed by atoms with Crippen molar-refractivity contribution < 1.29 is 13.2 Å². The lowest BCUT2D eigenvalue weighted by Gasteiger charge is -2.41. The predicted octanol–water partition coefficient (Wildman–Crippen LogP) is 4.36. The Hall–Kier alpha value is -1.56. The Labute approximate surface area is 157 Å². The van der Waals surface area contributed by atoms with Gasteiger partial charge in [-0.25, -0.2) is 17.9 Å². The molecule has 1 aromatic carbocycles. The summed E-state index contributed by atoms with van der Waals surface area (Å²) in [5.74, 6) is 0. The first-order valence-corrected chi connectivity index (χ1v) is 11.4. The van der Waals surface area contributed by atoms with Gasteiger partial charge in [-0.05, 0) is 44.7 Å². The number of hydrogen-bond acceptors (Lipinski definition) is 3. The number of carbonyl (C=O) groups excluding carboxylic acids is 1. The first-order valence-electron chi connectivity index (χ1n) is 9.89. The molecule has 5 nitrogen and oxygen atoms in total. The van der Waals surface area contributed by atoms with Crippen molar-refractivity contribution in [2.45, 2.75) is 88.1 Å². The van der Waals surface area contributed by atoms with Crippen molar-refractivity contribution in [2.24, 2.45) is 0 Å². The minimum atomic E-state index is -3.84. The van der Waals surface area contributed by atoms with Gasteiger partial charge in [0.15, 0.2) is 0 Å². The molecule has 0 heterocycles. The fourth-order valence-corrected chi connectivity index (χ4v) is 5.24. The summed E-state index contributed by atoms with van der Waals surface area (Å²) in [5.41, 5.74) is 0.987. The van der Waals surface area contributed by atoms with Crippen LogP contribution in [0.25, 0.3) is 0 Å². The summed E-state index contributed by atoms with van der Waals surface area (Å²) in [4.78, 5) is 15.1.